The molecule has 1 aromatic heterocycles. The predicted octanol–water partition coefficient (Wildman–Crippen LogP) is 2.57. The lowest BCUT2D eigenvalue weighted by atomic mass is 10.1. The summed E-state index contributed by atoms with van der Waals surface area (Å²) >= 11 is 0. The number of carbonyl (C=O) groups is 2. The summed E-state index contributed by atoms with van der Waals surface area (Å²) in [5.41, 5.74) is 1.23. The summed E-state index contributed by atoms with van der Waals surface area (Å²) in [5.74, 6) is -0.0276. The van der Waals surface area contributed by atoms with E-state index in [4.69, 9.17) is 0 Å². The number of nitrogens with zero attached hydrogens (tertiary/aromatic N) is 1. The van der Waals surface area contributed by atoms with E-state index >= 15 is 0 Å². The lowest BCUT2D eigenvalue weighted by molar-refractivity contribution is 0.0966. The van der Waals surface area contributed by atoms with Crippen LogP contribution in [0.2, 0.25) is 0 Å². The Hall–Kier alpha value is -2.16. The van der Waals surface area contributed by atoms with Crippen LogP contribution >= 0.6 is 0 Å². The molecule has 0 aliphatic rings. The third kappa shape index (κ3) is 2.50. The zero-order valence-corrected chi connectivity index (χ0v) is 9.59. The number of ketones is 2. The van der Waals surface area contributed by atoms with Crippen LogP contribution in [-0.2, 0) is 6.54 Å². The molecule has 0 bridgehead atoms. The van der Waals surface area contributed by atoms with Gasteiger partial charge in [0, 0.05) is 18.7 Å². The van der Waals surface area contributed by atoms with Crippen LogP contribution in [0.25, 0.3) is 0 Å². The molecule has 17 heavy (non-hydrogen) atoms. The quantitative estimate of drug-likeness (QED) is 0.753. The first-order valence-corrected chi connectivity index (χ1v) is 5.43. The molecule has 1 heterocycles. The summed E-state index contributed by atoms with van der Waals surface area (Å²) < 4.78 is 1.68. The smallest absolute Gasteiger partial charge is 0.182 e. The number of benzene rings is 1. The van der Waals surface area contributed by atoms with Gasteiger partial charge in [-0.3, -0.25) is 9.59 Å². The highest BCUT2D eigenvalue weighted by molar-refractivity contribution is 5.97. The molecular formula is C14H13NO2. The second-order valence-electron chi connectivity index (χ2n) is 3.87. The molecule has 0 radical (unpaired) electrons. The second-order valence-corrected chi connectivity index (χ2v) is 3.87. The molecule has 2 rings (SSSR count). The van der Waals surface area contributed by atoms with Crippen molar-refractivity contribution in [1.82, 2.24) is 4.57 Å². The van der Waals surface area contributed by atoms with Crippen LogP contribution in [0.3, 0.4) is 0 Å². The molecule has 1 aromatic carbocycles. The SMILES string of the molecule is CC(=O)c1cccn1CC(=O)c1ccccc1. The van der Waals surface area contributed by atoms with Gasteiger partial charge >= 0.3 is 0 Å². The first-order chi connectivity index (χ1) is 8.18. The van der Waals surface area contributed by atoms with E-state index in [9.17, 15) is 9.59 Å². The highest BCUT2D eigenvalue weighted by atomic mass is 16.1. The first kappa shape index (κ1) is 11.3. The van der Waals surface area contributed by atoms with Crippen molar-refractivity contribution in [2.75, 3.05) is 0 Å². The Labute approximate surface area is 99.7 Å². The third-order valence-electron chi connectivity index (χ3n) is 2.60. The maximum Gasteiger partial charge on any atom is 0.182 e. The minimum Gasteiger partial charge on any atom is -0.337 e. The molecular weight excluding hydrogens is 214 g/mol. The number of carbonyl (C=O) groups excluding carboxylic acids is 2. The van der Waals surface area contributed by atoms with E-state index in [1.807, 2.05) is 18.2 Å². The first-order valence-electron chi connectivity index (χ1n) is 5.43. The lowest BCUT2D eigenvalue weighted by Crippen LogP contribution is -2.13. The van der Waals surface area contributed by atoms with Crippen LogP contribution in [0.1, 0.15) is 27.8 Å². The van der Waals surface area contributed by atoms with E-state index in [1.165, 1.54) is 6.92 Å². The van der Waals surface area contributed by atoms with Crippen LogP contribution in [0.4, 0.5) is 0 Å². The van der Waals surface area contributed by atoms with Crippen LogP contribution in [0.15, 0.2) is 48.7 Å². The van der Waals surface area contributed by atoms with Gasteiger partial charge in [-0.25, -0.2) is 0 Å². The molecule has 86 valence electrons. The fourth-order valence-corrected chi connectivity index (χ4v) is 1.74. The van der Waals surface area contributed by atoms with Gasteiger partial charge in [0.1, 0.15) is 0 Å². The summed E-state index contributed by atoms with van der Waals surface area (Å²) in [4.78, 5) is 23.3. The van der Waals surface area contributed by atoms with E-state index < -0.39 is 0 Å². The number of hydrogen-bond acceptors (Lipinski definition) is 2. The molecule has 0 amide bonds. The van der Waals surface area contributed by atoms with Gasteiger partial charge in [0.25, 0.3) is 0 Å². The van der Waals surface area contributed by atoms with Gasteiger partial charge in [-0.2, -0.15) is 0 Å². The average Bonchev–Trinajstić information content (AvgIpc) is 2.78. The van der Waals surface area contributed by atoms with Crippen molar-refractivity contribution in [2.45, 2.75) is 13.5 Å². The number of aromatic nitrogens is 1. The van der Waals surface area contributed by atoms with E-state index in [0.29, 0.717) is 11.3 Å². The molecule has 0 fully saturated rings. The molecule has 0 saturated carbocycles. The number of Topliss-reactive ketones (excluding diaryl/α,β-unsaturated/α-hetero) is 2. The van der Waals surface area contributed by atoms with E-state index in [0.717, 1.165) is 0 Å². The summed E-state index contributed by atoms with van der Waals surface area (Å²) in [7, 11) is 0. The molecule has 0 atom stereocenters. The number of hydrogen-bond donors (Lipinski definition) is 0. The van der Waals surface area contributed by atoms with Gasteiger partial charge in [-0.15, -0.1) is 0 Å². The molecule has 0 N–H and O–H groups in total. The van der Waals surface area contributed by atoms with Gasteiger partial charge < -0.3 is 4.57 Å². The largest absolute Gasteiger partial charge is 0.337 e. The van der Waals surface area contributed by atoms with Crippen LogP contribution in [0.5, 0.6) is 0 Å². The van der Waals surface area contributed by atoms with Crippen LogP contribution in [0, 0.1) is 0 Å². The predicted molar refractivity (Wildman–Crippen MR) is 65.2 cm³/mol. The van der Waals surface area contributed by atoms with Gasteiger partial charge in [0.2, 0.25) is 0 Å². The highest BCUT2D eigenvalue weighted by Gasteiger charge is 2.10. The molecule has 0 saturated heterocycles. The maximum atomic E-state index is 12.0. The standard InChI is InChI=1S/C14H13NO2/c1-11(16)13-8-5-9-15(13)10-14(17)12-6-3-2-4-7-12/h2-9H,10H2,1H3. The Morgan fingerprint density at radius 2 is 1.76 bits per heavy atom. The van der Waals surface area contributed by atoms with Crippen molar-refractivity contribution in [2.24, 2.45) is 0 Å². The van der Waals surface area contributed by atoms with E-state index in [2.05, 4.69) is 0 Å². The topological polar surface area (TPSA) is 39.1 Å². The molecule has 3 nitrogen and oxygen atoms in total. The summed E-state index contributed by atoms with van der Waals surface area (Å²) in [6.45, 7) is 1.70. The minimum atomic E-state index is -0.0316. The van der Waals surface area contributed by atoms with Gasteiger partial charge in [-0.1, -0.05) is 30.3 Å². The lowest BCUT2D eigenvalue weighted by Gasteiger charge is -2.06. The highest BCUT2D eigenvalue weighted by Crippen LogP contribution is 2.07. The minimum absolute atomic E-state index is 0.00398. The molecule has 0 aliphatic heterocycles. The Morgan fingerprint density at radius 1 is 1.06 bits per heavy atom. The third-order valence-corrected chi connectivity index (χ3v) is 2.60. The number of rotatable bonds is 4. The van der Waals surface area contributed by atoms with E-state index in [1.54, 1.807) is 35.0 Å². The Bertz CT molecular complexity index is 540. The van der Waals surface area contributed by atoms with Gasteiger partial charge in [0.05, 0.1) is 12.2 Å². The summed E-state index contributed by atoms with van der Waals surface area (Å²) in [6, 6.07) is 12.6. The normalized spacial score (nSPS) is 10.2. The second kappa shape index (κ2) is 4.78. The fourth-order valence-electron chi connectivity index (χ4n) is 1.74. The molecule has 3 heteroatoms. The molecule has 0 unspecified atom stereocenters. The molecule has 2 aromatic rings. The van der Waals surface area contributed by atoms with Crippen LogP contribution < -0.4 is 0 Å². The Kier molecular flexibility index (Phi) is 3.19. The van der Waals surface area contributed by atoms with E-state index in [-0.39, 0.29) is 18.1 Å². The van der Waals surface area contributed by atoms with Crippen molar-refractivity contribution in [3.8, 4) is 0 Å². The van der Waals surface area contributed by atoms with Gasteiger partial charge in [-0.05, 0) is 12.1 Å². The zero-order valence-electron chi connectivity index (χ0n) is 9.59. The van der Waals surface area contributed by atoms with Crippen molar-refractivity contribution in [3.05, 3.63) is 59.9 Å². The maximum absolute atomic E-state index is 12.0. The zero-order chi connectivity index (χ0) is 12.3. The summed E-state index contributed by atoms with van der Waals surface area (Å²) in [5, 5.41) is 0. The van der Waals surface area contributed by atoms with Gasteiger partial charge in [0.15, 0.2) is 11.6 Å². The van der Waals surface area contributed by atoms with Crippen molar-refractivity contribution < 1.29 is 9.59 Å². The molecule has 0 aliphatic carbocycles. The van der Waals surface area contributed by atoms with Crippen molar-refractivity contribution in [1.29, 1.82) is 0 Å². The molecule has 0 spiro atoms. The average molecular weight is 227 g/mol. The fraction of sp³-hybridized carbons (Fsp3) is 0.143. The summed E-state index contributed by atoms with van der Waals surface area (Å²) in [6.07, 6.45) is 1.75. The Morgan fingerprint density at radius 3 is 2.41 bits per heavy atom. The monoisotopic (exact) mass is 227 g/mol. The van der Waals surface area contributed by atoms with Crippen LogP contribution in [-0.4, -0.2) is 16.1 Å². The van der Waals surface area contributed by atoms with Crippen molar-refractivity contribution in [3.63, 3.8) is 0 Å². The van der Waals surface area contributed by atoms with Crippen molar-refractivity contribution >= 4 is 11.6 Å². The Balaban J connectivity index is 2.19.